The maximum Gasteiger partial charge on any atom is 0.264 e. The van der Waals surface area contributed by atoms with Gasteiger partial charge >= 0.3 is 0 Å². The van der Waals surface area contributed by atoms with Gasteiger partial charge in [0, 0.05) is 4.47 Å². The molecular formula is C12H7BrCl2FNO2S. The maximum absolute atomic E-state index is 13.5. The molecule has 106 valence electrons. The summed E-state index contributed by atoms with van der Waals surface area (Å²) in [6.45, 7) is 0. The van der Waals surface area contributed by atoms with E-state index < -0.39 is 15.8 Å². The van der Waals surface area contributed by atoms with Gasteiger partial charge in [-0.25, -0.2) is 12.8 Å². The maximum atomic E-state index is 13.5. The lowest BCUT2D eigenvalue weighted by Gasteiger charge is -2.12. The number of anilines is 1. The third-order valence-electron chi connectivity index (χ3n) is 2.35. The number of sulfonamides is 1. The molecule has 3 nitrogen and oxygen atoms in total. The first-order chi connectivity index (χ1) is 9.31. The number of halogens is 4. The van der Waals surface area contributed by atoms with Crippen LogP contribution in [0.25, 0.3) is 0 Å². The molecule has 0 spiro atoms. The molecule has 0 fully saturated rings. The Kier molecular flexibility index (Phi) is 4.59. The van der Waals surface area contributed by atoms with E-state index in [1.165, 1.54) is 30.3 Å². The van der Waals surface area contributed by atoms with E-state index in [0.717, 1.165) is 6.07 Å². The average Bonchev–Trinajstić information content (AvgIpc) is 2.30. The first kappa shape index (κ1) is 15.6. The van der Waals surface area contributed by atoms with Crippen molar-refractivity contribution in [3.8, 4) is 0 Å². The SMILES string of the molecule is O=S(=O)(Nc1ccccc1F)c1c(Cl)cc(Br)cc1Cl. The number of rotatable bonds is 3. The molecular weight excluding hydrogens is 392 g/mol. The van der Waals surface area contributed by atoms with Gasteiger partial charge in [0.2, 0.25) is 0 Å². The van der Waals surface area contributed by atoms with Gasteiger partial charge in [-0.15, -0.1) is 0 Å². The fraction of sp³-hybridized carbons (Fsp3) is 0. The highest BCUT2D eigenvalue weighted by Crippen LogP contribution is 2.34. The second kappa shape index (κ2) is 5.89. The van der Waals surface area contributed by atoms with Gasteiger partial charge in [0.25, 0.3) is 10.0 Å². The van der Waals surface area contributed by atoms with Crippen molar-refractivity contribution < 1.29 is 12.8 Å². The van der Waals surface area contributed by atoms with Gasteiger partial charge in [-0.2, -0.15) is 0 Å². The second-order valence-corrected chi connectivity index (χ2v) is 7.13. The molecule has 0 unspecified atom stereocenters. The van der Waals surface area contributed by atoms with Crippen molar-refractivity contribution in [2.45, 2.75) is 4.90 Å². The summed E-state index contributed by atoms with van der Waals surface area (Å²) in [6.07, 6.45) is 0. The smallest absolute Gasteiger partial charge is 0.264 e. The first-order valence-corrected chi connectivity index (χ1v) is 8.26. The lowest BCUT2D eigenvalue weighted by Crippen LogP contribution is -2.15. The van der Waals surface area contributed by atoms with Crippen molar-refractivity contribution in [2.24, 2.45) is 0 Å². The third-order valence-corrected chi connectivity index (χ3v) is 5.09. The summed E-state index contributed by atoms with van der Waals surface area (Å²) in [6, 6.07) is 8.18. The Morgan fingerprint density at radius 2 is 1.65 bits per heavy atom. The lowest BCUT2D eigenvalue weighted by molar-refractivity contribution is 0.598. The zero-order valence-electron chi connectivity index (χ0n) is 9.70. The van der Waals surface area contributed by atoms with Crippen LogP contribution >= 0.6 is 39.1 Å². The molecule has 2 rings (SSSR count). The van der Waals surface area contributed by atoms with E-state index in [2.05, 4.69) is 20.7 Å². The Morgan fingerprint density at radius 3 is 2.20 bits per heavy atom. The average molecular weight is 399 g/mol. The molecule has 1 N–H and O–H groups in total. The third kappa shape index (κ3) is 3.25. The van der Waals surface area contributed by atoms with E-state index >= 15 is 0 Å². The molecule has 8 heteroatoms. The summed E-state index contributed by atoms with van der Waals surface area (Å²) in [5, 5.41) is -0.124. The molecule has 0 aliphatic rings. The van der Waals surface area contributed by atoms with Gasteiger partial charge in [0.1, 0.15) is 10.7 Å². The number of hydrogen-bond acceptors (Lipinski definition) is 2. The minimum absolute atomic E-state index is 0.0618. The Hall–Kier alpha value is -0.820. The predicted octanol–water partition coefficient (Wildman–Crippen LogP) is 4.70. The van der Waals surface area contributed by atoms with Crippen molar-refractivity contribution in [3.63, 3.8) is 0 Å². The van der Waals surface area contributed by atoms with Gasteiger partial charge < -0.3 is 0 Å². The van der Waals surface area contributed by atoms with Crippen LogP contribution in [0.5, 0.6) is 0 Å². The van der Waals surface area contributed by atoms with Crippen LogP contribution in [0, 0.1) is 5.82 Å². The molecule has 0 saturated carbocycles. The van der Waals surface area contributed by atoms with Gasteiger partial charge in [-0.05, 0) is 24.3 Å². The topological polar surface area (TPSA) is 46.2 Å². The van der Waals surface area contributed by atoms with Crippen LogP contribution in [0.4, 0.5) is 10.1 Å². The van der Waals surface area contributed by atoms with Crippen LogP contribution in [-0.4, -0.2) is 8.42 Å². The zero-order chi connectivity index (χ0) is 14.9. The molecule has 0 bridgehead atoms. The highest BCUT2D eigenvalue weighted by atomic mass is 79.9. The summed E-state index contributed by atoms with van der Waals surface area (Å²) in [4.78, 5) is -0.299. The minimum atomic E-state index is -4.09. The number of hydrogen-bond donors (Lipinski definition) is 1. The van der Waals surface area contributed by atoms with Crippen LogP contribution < -0.4 is 4.72 Å². The Balaban J connectivity index is 2.50. The molecule has 0 atom stereocenters. The predicted molar refractivity (Wildman–Crippen MR) is 81.4 cm³/mol. The van der Waals surface area contributed by atoms with Crippen molar-refractivity contribution in [1.29, 1.82) is 0 Å². The van der Waals surface area contributed by atoms with E-state index in [9.17, 15) is 12.8 Å². The van der Waals surface area contributed by atoms with E-state index in [4.69, 9.17) is 23.2 Å². The number of para-hydroxylation sites is 1. The Morgan fingerprint density at radius 1 is 1.10 bits per heavy atom. The fourth-order valence-electron chi connectivity index (χ4n) is 1.53. The molecule has 0 saturated heterocycles. The number of benzene rings is 2. The Bertz CT molecular complexity index is 745. The van der Waals surface area contributed by atoms with E-state index in [1.54, 1.807) is 0 Å². The first-order valence-electron chi connectivity index (χ1n) is 5.23. The zero-order valence-corrected chi connectivity index (χ0v) is 13.6. The van der Waals surface area contributed by atoms with E-state index in [0.29, 0.717) is 4.47 Å². The quantitative estimate of drug-likeness (QED) is 0.814. The molecule has 0 aliphatic heterocycles. The summed E-state index contributed by atoms with van der Waals surface area (Å²) in [5.41, 5.74) is -0.178. The molecule has 20 heavy (non-hydrogen) atoms. The van der Waals surface area contributed by atoms with E-state index in [1.807, 2.05) is 0 Å². The van der Waals surface area contributed by atoms with Gasteiger partial charge in [0.15, 0.2) is 0 Å². The molecule has 0 heterocycles. The van der Waals surface area contributed by atoms with Crippen LogP contribution in [-0.2, 0) is 10.0 Å². The Labute approximate surface area is 133 Å². The van der Waals surface area contributed by atoms with Crippen LogP contribution in [0.2, 0.25) is 10.0 Å². The standard InChI is InChI=1S/C12H7BrCl2FNO2S/c13-7-5-8(14)12(9(15)6-7)20(18,19)17-11-4-2-1-3-10(11)16/h1-6,17H. The lowest BCUT2D eigenvalue weighted by atomic mass is 10.3. The van der Waals surface area contributed by atoms with Crippen molar-refractivity contribution >= 4 is 54.8 Å². The highest BCUT2D eigenvalue weighted by Gasteiger charge is 2.23. The molecule has 2 aromatic rings. The summed E-state index contributed by atoms with van der Waals surface area (Å²) in [7, 11) is -4.09. The van der Waals surface area contributed by atoms with Crippen molar-refractivity contribution in [3.05, 3.63) is 56.7 Å². The summed E-state index contributed by atoms with van der Waals surface area (Å²) < 4.78 is 40.6. The van der Waals surface area contributed by atoms with E-state index in [-0.39, 0.29) is 20.6 Å². The summed E-state index contributed by atoms with van der Waals surface area (Å²) in [5.74, 6) is -0.694. The molecule has 0 amide bonds. The second-order valence-electron chi connectivity index (χ2n) is 3.78. The van der Waals surface area contributed by atoms with Crippen LogP contribution in [0.15, 0.2) is 45.8 Å². The summed E-state index contributed by atoms with van der Waals surface area (Å²) >= 11 is 14.9. The number of nitrogens with one attached hydrogen (secondary N) is 1. The molecule has 0 aromatic heterocycles. The minimum Gasteiger partial charge on any atom is -0.277 e. The monoisotopic (exact) mass is 397 g/mol. The molecule has 0 radical (unpaired) electrons. The normalized spacial score (nSPS) is 11.4. The highest BCUT2D eigenvalue weighted by molar-refractivity contribution is 9.10. The molecule has 0 aliphatic carbocycles. The van der Waals surface area contributed by atoms with Crippen molar-refractivity contribution in [2.75, 3.05) is 4.72 Å². The van der Waals surface area contributed by atoms with Crippen LogP contribution in [0.3, 0.4) is 0 Å². The van der Waals surface area contributed by atoms with Crippen molar-refractivity contribution in [1.82, 2.24) is 0 Å². The van der Waals surface area contributed by atoms with Gasteiger partial charge in [-0.3, -0.25) is 4.72 Å². The van der Waals surface area contributed by atoms with Gasteiger partial charge in [0.05, 0.1) is 15.7 Å². The van der Waals surface area contributed by atoms with Crippen LogP contribution in [0.1, 0.15) is 0 Å². The molecule has 2 aromatic carbocycles. The fourth-order valence-corrected chi connectivity index (χ4v) is 4.53. The largest absolute Gasteiger partial charge is 0.277 e. The van der Waals surface area contributed by atoms with Gasteiger partial charge in [-0.1, -0.05) is 51.3 Å².